The van der Waals surface area contributed by atoms with Crippen molar-refractivity contribution in [2.45, 2.75) is 13.3 Å². The highest BCUT2D eigenvalue weighted by atomic mass is 32.1. The van der Waals surface area contributed by atoms with Gasteiger partial charge in [0.15, 0.2) is 0 Å². The molecule has 0 saturated heterocycles. The number of benzene rings is 1. The summed E-state index contributed by atoms with van der Waals surface area (Å²) in [7, 11) is 0. The Labute approximate surface area is 123 Å². The van der Waals surface area contributed by atoms with E-state index in [1.165, 1.54) is 23.5 Å². The molecule has 1 aromatic heterocycles. The van der Waals surface area contributed by atoms with E-state index in [0.717, 1.165) is 21.1 Å². The minimum atomic E-state index is -0.826. The zero-order valence-electron chi connectivity index (χ0n) is 11.0. The van der Waals surface area contributed by atoms with E-state index in [9.17, 15) is 20.2 Å². The van der Waals surface area contributed by atoms with E-state index in [1.807, 2.05) is 6.92 Å². The first-order chi connectivity index (χ1) is 9.97. The number of hydrogen-bond donors (Lipinski definition) is 0. The largest absolute Gasteiger partial charge is 0.314 e. The maximum absolute atomic E-state index is 10.6. The number of nitro benzene ring substituents is 1. The molecule has 2 rings (SSSR count). The SMILES string of the molecule is Cc1nc(-c2ccc([N+](=O)[O-])cc2)sc1CCO[N+](=O)[O-]. The van der Waals surface area contributed by atoms with Crippen molar-refractivity contribution >= 4 is 17.0 Å². The maximum atomic E-state index is 10.6. The summed E-state index contributed by atoms with van der Waals surface area (Å²) in [5, 5.41) is 20.6. The fourth-order valence-electron chi connectivity index (χ4n) is 1.72. The molecule has 0 saturated carbocycles. The third-order valence-corrected chi connectivity index (χ3v) is 4.01. The van der Waals surface area contributed by atoms with Crippen LogP contribution in [0.5, 0.6) is 0 Å². The van der Waals surface area contributed by atoms with Gasteiger partial charge in [-0.05, 0) is 19.1 Å². The summed E-state index contributed by atoms with van der Waals surface area (Å²) in [5.41, 5.74) is 1.57. The van der Waals surface area contributed by atoms with Crippen molar-refractivity contribution in [3.63, 3.8) is 0 Å². The molecule has 8 nitrogen and oxygen atoms in total. The lowest BCUT2D eigenvalue weighted by molar-refractivity contribution is -0.757. The van der Waals surface area contributed by atoms with Gasteiger partial charge in [-0.3, -0.25) is 10.1 Å². The Balaban J connectivity index is 2.13. The van der Waals surface area contributed by atoms with Crippen LogP contribution < -0.4 is 0 Å². The van der Waals surface area contributed by atoms with Gasteiger partial charge in [-0.2, -0.15) is 0 Å². The Morgan fingerprint density at radius 2 is 1.90 bits per heavy atom. The summed E-state index contributed by atoms with van der Waals surface area (Å²) < 4.78 is 0. The third-order valence-electron chi connectivity index (χ3n) is 2.74. The van der Waals surface area contributed by atoms with Gasteiger partial charge in [0, 0.05) is 29.0 Å². The molecular formula is C12H11N3O5S. The molecule has 0 fully saturated rings. The first-order valence-electron chi connectivity index (χ1n) is 5.96. The molecular weight excluding hydrogens is 298 g/mol. The summed E-state index contributed by atoms with van der Waals surface area (Å²) >= 11 is 1.39. The van der Waals surface area contributed by atoms with Gasteiger partial charge in [0.1, 0.15) is 11.6 Å². The summed E-state index contributed by atoms with van der Waals surface area (Å²) in [6.45, 7) is 1.79. The number of aromatic nitrogens is 1. The van der Waals surface area contributed by atoms with Crippen molar-refractivity contribution < 1.29 is 14.8 Å². The molecule has 0 unspecified atom stereocenters. The lowest BCUT2D eigenvalue weighted by atomic mass is 10.2. The Hall–Kier alpha value is -2.55. The highest BCUT2D eigenvalue weighted by Gasteiger charge is 2.11. The molecule has 0 atom stereocenters. The molecule has 0 aliphatic carbocycles. The Morgan fingerprint density at radius 3 is 2.48 bits per heavy atom. The third kappa shape index (κ3) is 3.72. The van der Waals surface area contributed by atoms with Crippen LogP contribution in [0.2, 0.25) is 0 Å². The lowest BCUT2D eigenvalue weighted by Crippen LogP contribution is -2.04. The molecule has 1 aromatic carbocycles. The fraction of sp³-hybridized carbons (Fsp3) is 0.250. The fourth-order valence-corrected chi connectivity index (χ4v) is 2.77. The van der Waals surface area contributed by atoms with E-state index >= 15 is 0 Å². The van der Waals surface area contributed by atoms with Crippen LogP contribution in [0, 0.1) is 27.2 Å². The van der Waals surface area contributed by atoms with Crippen LogP contribution in [0.1, 0.15) is 10.6 Å². The molecule has 2 aromatic rings. The smallest absolute Gasteiger partial charge is 0.294 e. The molecule has 1 heterocycles. The second-order valence-corrected chi connectivity index (χ2v) is 5.22. The normalized spacial score (nSPS) is 10.3. The second-order valence-electron chi connectivity index (χ2n) is 4.14. The number of nitrogens with zero attached hydrogens (tertiary/aromatic N) is 3. The highest BCUT2D eigenvalue weighted by molar-refractivity contribution is 7.15. The first-order valence-corrected chi connectivity index (χ1v) is 6.77. The average Bonchev–Trinajstić information content (AvgIpc) is 2.80. The number of aryl methyl sites for hydroxylation is 1. The Kier molecular flexibility index (Phi) is 4.43. The minimum Gasteiger partial charge on any atom is -0.314 e. The molecule has 21 heavy (non-hydrogen) atoms. The monoisotopic (exact) mass is 309 g/mol. The van der Waals surface area contributed by atoms with E-state index < -0.39 is 10.0 Å². The average molecular weight is 309 g/mol. The van der Waals surface area contributed by atoms with Crippen LogP contribution in [0.15, 0.2) is 24.3 Å². The lowest BCUT2D eigenvalue weighted by Gasteiger charge is -1.97. The van der Waals surface area contributed by atoms with Crippen LogP contribution in [0.25, 0.3) is 10.6 Å². The molecule has 0 aliphatic rings. The highest BCUT2D eigenvalue weighted by Crippen LogP contribution is 2.29. The van der Waals surface area contributed by atoms with Crippen molar-refractivity contribution in [1.82, 2.24) is 4.98 Å². The Bertz CT molecular complexity index is 668. The predicted molar refractivity (Wildman–Crippen MR) is 75.6 cm³/mol. The zero-order chi connectivity index (χ0) is 15.4. The zero-order valence-corrected chi connectivity index (χ0v) is 11.8. The van der Waals surface area contributed by atoms with Gasteiger partial charge in [0.25, 0.3) is 10.8 Å². The van der Waals surface area contributed by atoms with Crippen LogP contribution >= 0.6 is 11.3 Å². The number of rotatable bonds is 6. The van der Waals surface area contributed by atoms with Gasteiger partial charge in [0.05, 0.1) is 10.6 Å². The summed E-state index contributed by atoms with van der Waals surface area (Å²) in [6.07, 6.45) is 0.400. The number of nitro groups is 1. The quantitative estimate of drug-likeness (QED) is 0.599. The van der Waals surface area contributed by atoms with Crippen molar-refractivity contribution in [1.29, 1.82) is 0 Å². The molecule has 0 bridgehead atoms. The Morgan fingerprint density at radius 1 is 1.24 bits per heavy atom. The minimum absolute atomic E-state index is 0.0181. The van der Waals surface area contributed by atoms with E-state index in [4.69, 9.17) is 0 Å². The molecule has 0 spiro atoms. The van der Waals surface area contributed by atoms with Gasteiger partial charge in [-0.25, -0.2) is 4.98 Å². The molecule has 0 radical (unpaired) electrons. The van der Waals surface area contributed by atoms with Crippen LogP contribution in [0.4, 0.5) is 5.69 Å². The van der Waals surface area contributed by atoms with Crippen LogP contribution in [-0.4, -0.2) is 21.6 Å². The van der Waals surface area contributed by atoms with E-state index in [2.05, 4.69) is 9.82 Å². The van der Waals surface area contributed by atoms with E-state index in [-0.39, 0.29) is 12.3 Å². The molecule has 0 aliphatic heterocycles. The summed E-state index contributed by atoms with van der Waals surface area (Å²) in [5.74, 6) is 0. The molecule has 9 heteroatoms. The number of hydrogen-bond acceptors (Lipinski definition) is 7. The molecule has 0 N–H and O–H groups in total. The van der Waals surface area contributed by atoms with Gasteiger partial charge in [-0.15, -0.1) is 21.5 Å². The van der Waals surface area contributed by atoms with Crippen molar-refractivity contribution in [2.75, 3.05) is 6.61 Å². The summed E-state index contributed by atoms with van der Waals surface area (Å²) in [4.78, 5) is 29.8. The number of non-ortho nitro benzene ring substituents is 1. The topological polar surface area (TPSA) is 108 Å². The van der Waals surface area contributed by atoms with Gasteiger partial charge < -0.3 is 4.84 Å². The first kappa shape index (κ1) is 14.9. The summed E-state index contributed by atoms with van der Waals surface area (Å²) in [6, 6.07) is 6.10. The second kappa shape index (κ2) is 6.27. The van der Waals surface area contributed by atoms with E-state index in [0.29, 0.717) is 6.42 Å². The van der Waals surface area contributed by atoms with E-state index in [1.54, 1.807) is 12.1 Å². The van der Waals surface area contributed by atoms with Gasteiger partial charge in [0.2, 0.25) is 0 Å². The molecule has 0 amide bonds. The maximum Gasteiger partial charge on any atom is 0.294 e. The predicted octanol–water partition coefficient (Wildman–Crippen LogP) is 2.78. The van der Waals surface area contributed by atoms with Gasteiger partial charge in [-0.1, -0.05) is 0 Å². The van der Waals surface area contributed by atoms with Crippen molar-refractivity contribution in [2.24, 2.45) is 0 Å². The molecule has 110 valence electrons. The van der Waals surface area contributed by atoms with Crippen LogP contribution in [-0.2, 0) is 11.3 Å². The van der Waals surface area contributed by atoms with Crippen molar-refractivity contribution in [3.8, 4) is 10.6 Å². The number of thiazole rings is 1. The van der Waals surface area contributed by atoms with Gasteiger partial charge >= 0.3 is 0 Å². The van der Waals surface area contributed by atoms with Crippen LogP contribution in [0.3, 0.4) is 0 Å². The standard InChI is InChI=1S/C12H11N3O5S/c1-8-11(6-7-20-15(18)19)21-12(13-8)9-2-4-10(5-3-9)14(16)17/h2-5H,6-7H2,1H3. The van der Waals surface area contributed by atoms with Crippen molar-refractivity contribution in [3.05, 3.63) is 55.1 Å².